The molecule has 9 heteroatoms. The minimum atomic E-state index is -0.647. The van der Waals surface area contributed by atoms with Gasteiger partial charge in [0.1, 0.15) is 17.7 Å². The highest BCUT2D eigenvalue weighted by Gasteiger charge is 2.24. The Balaban J connectivity index is 1.74. The minimum Gasteiger partial charge on any atom is -0.353 e. The molecule has 0 aliphatic carbocycles. The molecule has 0 unspecified atom stereocenters. The molecule has 128 valence electrons. The molecule has 1 fully saturated rings. The molecule has 1 aliphatic heterocycles. The Bertz CT molecular complexity index is 961. The van der Waals surface area contributed by atoms with Crippen molar-refractivity contribution in [2.45, 2.75) is 6.04 Å². The molecule has 0 atom stereocenters. The summed E-state index contributed by atoms with van der Waals surface area (Å²) in [6.45, 7) is 1.49. The van der Waals surface area contributed by atoms with Gasteiger partial charge in [-0.15, -0.1) is 0 Å². The van der Waals surface area contributed by atoms with Gasteiger partial charge in [-0.3, -0.25) is 0 Å². The van der Waals surface area contributed by atoms with Crippen LogP contribution in [0.3, 0.4) is 0 Å². The molecule has 25 heavy (non-hydrogen) atoms. The van der Waals surface area contributed by atoms with Gasteiger partial charge in [-0.1, -0.05) is 23.2 Å². The average molecular weight is 379 g/mol. The van der Waals surface area contributed by atoms with E-state index in [-0.39, 0.29) is 21.8 Å². The molecule has 3 aromatic rings. The number of halogens is 3. The number of fused-ring (bicyclic) bond motifs is 1. The van der Waals surface area contributed by atoms with Crippen LogP contribution in [0.4, 0.5) is 21.7 Å². The maximum absolute atomic E-state index is 14.3. The molecule has 6 nitrogen and oxygen atoms in total. The van der Waals surface area contributed by atoms with Crippen LogP contribution in [-0.2, 0) is 0 Å². The van der Waals surface area contributed by atoms with E-state index in [1.165, 1.54) is 18.5 Å². The van der Waals surface area contributed by atoms with Gasteiger partial charge >= 0.3 is 0 Å². The smallest absolute Gasteiger partial charge is 0.166 e. The fraction of sp³-hybridized carbons (Fsp3) is 0.188. The van der Waals surface area contributed by atoms with Gasteiger partial charge in [0, 0.05) is 19.1 Å². The lowest BCUT2D eigenvalue weighted by Crippen LogP contribution is -2.56. The summed E-state index contributed by atoms with van der Waals surface area (Å²) in [5.41, 5.74) is 7.16. The molecule has 3 N–H and O–H groups in total. The first kappa shape index (κ1) is 16.3. The first-order valence-corrected chi connectivity index (χ1v) is 8.31. The van der Waals surface area contributed by atoms with E-state index in [0.29, 0.717) is 16.9 Å². The van der Waals surface area contributed by atoms with Gasteiger partial charge in [0.25, 0.3) is 0 Å². The highest BCUT2D eigenvalue weighted by molar-refractivity contribution is 6.42. The standard InChI is InChI=1S/C16H13Cl2FN6/c17-9-1-2-10(14(19)13(9)18)23-16-15-11(21-7-22-16)3-4-12(24-15)25-5-8(20)6-25/h1-4,7-8H,5-6,20H2,(H,21,22,23). The molecule has 0 radical (unpaired) electrons. The third-order valence-electron chi connectivity index (χ3n) is 3.99. The summed E-state index contributed by atoms with van der Waals surface area (Å²) in [5, 5.41) is 2.92. The van der Waals surface area contributed by atoms with Crippen molar-refractivity contribution >= 4 is 51.6 Å². The van der Waals surface area contributed by atoms with E-state index in [1.807, 2.05) is 12.1 Å². The van der Waals surface area contributed by atoms with Crippen molar-refractivity contribution in [2.24, 2.45) is 5.73 Å². The summed E-state index contributed by atoms with van der Waals surface area (Å²) in [5.74, 6) is 0.515. The van der Waals surface area contributed by atoms with Gasteiger partial charge in [-0.2, -0.15) is 0 Å². The second kappa shape index (κ2) is 6.25. The molecular formula is C16H13Cl2FN6. The maximum Gasteiger partial charge on any atom is 0.166 e. The minimum absolute atomic E-state index is 0.145. The molecule has 0 bridgehead atoms. The van der Waals surface area contributed by atoms with E-state index in [4.69, 9.17) is 28.9 Å². The van der Waals surface area contributed by atoms with E-state index in [2.05, 4.69) is 25.2 Å². The lowest BCUT2D eigenvalue weighted by atomic mass is 10.1. The fourth-order valence-corrected chi connectivity index (χ4v) is 2.96. The van der Waals surface area contributed by atoms with Gasteiger partial charge in [0.2, 0.25) is 0 Å². The monoisotopic (exact) mass is 378 g/mol. The van der Waals surface area contributed by atoms with Gasteiger partial charge in [0.15, 0.2) is 11.6 Å². The number of hydrogen-bond donors (Lipinski definition) is 2. The average Bonchev–Trinajstić information content (AvgIpc) is 2.59. The van der Waals surface area contributed by atoms with Crippen molar-refractivity contribution in [3.8, 4) is 0 Å². The Morgan fingerprint density at radius 2 is 1.96 bits per heavy atom. The highest BCUT2D eigenvalue weighted by Crippen LogP contribution is 2.32. The van der Waals surface area contributed by atoms with Crippen LogP contribution in [0.2, 0.25) is 10.0 Å². The Morgan fingerprint density at radius 3 is 2.72 bits per heavy atom. The number of aromatic nitrogens is 3. The quantitative estimate of drug-likeness (QED) is 0.680. The second-order valence-electron chi connectivity index (χ2n) is 5.77. The lowest BCUT2D eigenvalue weighted by molar-refractivity contribution is 0.515. The number of nitrogens with two attached hydrogens (primary N) is 1. The molecule has 0 saturated carbocycles. The van der Waals surface area contributed by atoms with Crippen LogP contribution in [0.1, 0.15) is 0 Å². The van der Waals surface area contributed by atoms with Crippen LogP contribution >= 0.6 is 23.2 Å². The predicted octanol–water partition coefficient (Wildman–Crippen LogP) is 3.36. The summed E-state index contributed by atoms with van der Waals surface area (Å²) >= 11 is 11.7. The Kier molecular flexibility index (Phi) is 4.07. The molecule has 1 aromatic carbocycles. The summed E-state index contributed by atoms with van der Waals surface area (Å²) in [7, 11) is 0. The van der Waals surface area contributed by atoms with Crippen molar-refractivity contribution < 1.29 is 4.39 Å². The van der Waals surface area contributed by atoms with Crippen LogP contribution in [0.5, 0.6) is 0 Å². The zero-order chi connectivity index (χ0) is 17.6. The molecule has 1 saturated heterocycles. The van der Waals surface area contributed by atoms with E-state index in [9.17, 15) is 4.39 Å². The van der Waals surface area contributed by atoms with Gasteiger partial charge in [-0.05, 0) is 24.3 Å². The van der Waals surface area contributed by atoms with Crippen molar-refractivity contribution in [3.63, 3.8) is 0 Å². The Hall–Kier alpha value is -2.22. The van der Waals surface area contributed by atoms with E-state index in [0.717, 1.165) is 18.9 Å². The molecule has 4 rings (SSSR count). The summed E-state index contributed by atoms with van der Waals surface area (Å²) in [6.07, 6.45) is 1.39. The van der Waals surface area contributed by atoms with E-state index < -0.39 is 5.82 Å². The molecule has 2 aromatic heterocycles. The van der Waals surface area contributed by atoms with Crippen molar-refractivity contribution in [3.05, 3.63) is 46.5 Å². The van der Waals surface area contributed by atoms with Crippen LogP contribution in [0.15, 0.2) is 30.6 Å². The first-order chi connectivity index (χ1) is 12.0. The zero-order valence-electron chi connectivity index (χ0n) is 12.9. The molecule has 0 spiro atoms. The molecule has 1 aliphatic rings. The van der Waals surface area contributed by atoms with Crippen LogP contribution < -0.4 is 16.0 Å². The molecule has 0 amide bonds. The van der Waals surface area contributed by atoms with Crippen molar-refractivity contribution in [2.75, 3.05) is 23.3 Å². The zero-order valence-corrected chi connectivity index (χ0v) is 14.4. The number of pyridine rings is 1. The number of nitrogens with zero attached hydrogens (tertiary/aromatic N) is 4. The van der Waals surface area contributed by atoms with Crippen molar-refractivity contribution in [1.82, 2.24) is 15.0 Å². The Labute approximate surface area is 152 Å². The summed E-state index contributed by atoms with van der Waals surface area (Å²) < 4.78 is 14.3. The molecular weight excluding hydrogens is 366 g/mol. The van der Waals surface area contributed by atoms with E-state index >= 15 is 0 Å². The van der Waals surface area contributed by atoms with Gasteiger partial charge in [0.05, 0.1) is 21.2 Å². The van der Waals surface area contributed by atoms with E-state index in [1.54, 1.807) is 0 Å². The van der Waals surface area contributed by atoms with Gasteiger partial charge in [-0.25, -0.2) is 19.3 Å². The van der Waals surface area contributed by atoms with Crippen LogP contribution in [0.25, 0.3) is 11.0 Å². The van der Waals surface area contributed by atoms with Crippen LogP contribution in [-0.4, -0.2) is 34.1 Å². The third kappa shape index (κ3) is 2.95. The third-order valence-corrected chi connectivity index (χ3v) is 4.77. The summed E-state index contributed by atoms with van der Waals surface area (Å²) in [6, 6.07) is 6.89. The Morgan fingerprint density at radius 1 is 1.16 bits per heavy atom. The number of hydrogen-bond acceptors (Lipinski definition) is 6. The second-order valence-corrected chi connectivity index (χ2v) is 6.56. The summed E-state index contributed by atoms with van der Waals surface area (Å²) in [4.78, 5) is 15.0. The lowest BCUT2D eigenvalue weighted by Gasteiger charge is -2.37. The largest absolute Gasteiger partial charge is 0.353 e. The molecule has 3 heterocycles. The van der Waals surface area contributed by atoms with Crippen LogP contribution in [0, 0.1) is 5.82 Å². The number of benzene rings is 1. The highest BCUT2D eigenvalue weighted by atomic mass is 35.5. The van der Waals surface area contributed by atoms with Crippen molar-refractivity contribution in [1.29, 1.82) is 0 Å². The normalized spacial score (nSPS) is 14.6. The fourth-order valence-electron chi connectivity index (χ4n) is 2.65. The predicted molar refractivity (Wildman–Crippen MR) is 97.2 cm³/mol. The SMILES string of the molecule is NC1CN(c2ccc3ncnc(Nc4ccc(Cl)c(Cl)c4F)c3n2)C1. The number of nitrogens with one attached hydrogen (secondary N) is 1. The topological polar surface area (TPSA) is 80.0 Å². The van der Waals surface area contributed by atoms with Gasteiger partial charge < -0.3 is 16.0 Å². The number of anilines is 3. The number of rotatable bonds is 3. The maximum atomic E-state index is 14.3. The first-order valence-electron chi connectivity index (χ1n) is 7.56.